The highest BCUT2D eigenvalue weighted by Gasteiger charge is 2.11. The summed E-state index contributed by atoms with van der Waals surface area (Å²) in [7, 11) is 1.55. The van der Waals surface area contributed by atoms with Gasteiger partial charge in [0.2, 0.25) is 0 Å². The smallest absolute Gasteiger partial charge is 0.329 e. The molecular formula is C21H23ClN4O5. The number of rotatable bonds is 10. The number of methoxy groups -OCH3 is 1. The maximum Gasteiger partial charge on any atom is 0.329 e. The Kier molecular flexibility index (Phi) is 9.99. The number of carbonyl (C=O) groups is 3. The van der Waals surface area contributed by atoms with Crippen molar-refractivity contribution >= 4 is 41.2 Å². The van der Waals surface area contributed by atoms with E-state index in [1.165, 1.54) is 6.21 Å². The lowest BCUT2D eigenvalue weighted by atomic mass is 10.2. The summed E-state index contributed by atoms with van der Waals surface area (Å²) in [6.07, 6.45) is 1.91. The fraction of sp³-hybridized carbons (Fsp3) is 0.238. The molecule has 0 spiro atoms. The third kappa shape index (κ3) is 8.85. The molecule has 0 saturated heterocycles. The fourth-order valence-corrected chi connectivity index (χ4v) is 2.53. The summed E-state index contributed by atoms with van der Waals surface area (Å²) in [5.74, 6) is -1.68. The van der Waals surface area contributed by atoms with Gasteiger partial charge in [0.15, 0.2) is 6.61 Å². The molecule has 0 bridgehead atoms. The highest BCUT2D eigenvalue weighted by molar-refractivity contribution is 6.35. The summed E-state index contributed by atoms with van der Waals surface area (Å²) >= 11 is 5.89. The van der Waals surface area contributed by atoms with Gasteiger partial charge in [0.1, 0.15) is 5.75 Å². The zero-order chi connectivity index (χ0) is 22.5. The first kappa shape index (κ1) is 23.8. The molecule has 10 heteroatoms. The van der Waals surface area contributed by atoms with E-state index in [0.29, 0.717) is 41.6 Å². The molecule has 0 saturated carbocycles. The second-order valence-electron chi connectivity index (χ2n) is 6.19. The zero-order valence-electron chi connectivity index (χ0n) is 16.9. The maximum atomic E-state index is 12.1. The van der Waals surface area contributed by atoms with Crippen molar-refractivity contribution in [2.45, 2.75) is 6.42 Å². The molecule has 2 aromatic carbocycles. The van der Waals surface area contributed by atoms with Gasteiger partial charge in [0, 0.05) is 36.5 Å². The van der Waals surface area contributed by atoms with Gasteiger partial charge < -0.3 is 20.1 Å². The Morgan fingerprint density at radius 2 is 1.90 bits per heavy atom. The molecule has 3 N–H and O–H groups in total. The minimum Gasteiger partial charge on any atom is -0.483 e. The molecule has 0 unspecified atom stereocenters. The van der Waals surface area contributed by atoms with Crippen LogP contribution in [0, 0.1) is 0 Å². The molecule has 164 valence electrons. The Hall–Kier alpha value is -3.43. The van der Waals surface area contributed by atoms with Gasteiger partial charge in [-0.1, -0.05) is 29.8 Å². The van der Waals surface area contributed by atoms with E-state index in [0.717, 1.165) is 0 Å². The SMILES string of the molecule is COCCCNC(=O)C(=O)N/N=C\c1ccccc1OCC(=O)Nc1cccc(Cl)c1. The van der Waals surface area contributed by atoms with Crippen LogP contribution in [0.1, 0.15) is 12.0 Å². The minimum atomic E-state index is -0.895. The van der Waals surface area contributed by atoms with E-state index in [2.05, 4.69) is 21.2 Å². The molecular weight excluding hydrogens is 424 g/mol. The minimum absolute atomic E-state index is 0.242. The number of benzene rings is 2. The Morgan fingerprint density at radius 3 is 2.68 bits per heavy atom. The molecule has 3 amide bonds. The Balaban J connectivity index is 1.84. The largest absolute Gasteiger partial charge is 0.483 e. The Bertz CT molecular complexity index is 935. The van der Waals surface area contributed by atoms with Crippen molar-refractivity contribution in [3.8, 4) is 5.75 Å². The maximum absolute atomic E-state index is 12.1. The molecule has 0 aliphatic rings. The van der Waals surface area contributed by atoms with Crippen molar-refractivity contribution in [3.05, 3.63) is 59.1 Å². The number of amides is 3. The van der Waals surface area contributed by atoms with E-state index in [1.54, 1.807) is 55.6 Å². The molecule has 31 heavy (non-hydrogen) atoms. The monoisotopic (exact) mass is 446 g/mol. The van der Waals surface area contributed by atoms with Crippen molar-refractivity contribution in [2.24, 2.45) is 5.10 Å². The van der Waals surface area contributed by atoms with Crippen LogP contribution in [0.4, 0.5) is 5.69 Å². The van der Waals surface area contributed by atoms with Gasteiger partial charge in [-0.15, -0.1) is 0 Å². The lowest BCUT2D eigenvalue weighted by molar-refractivity contribution is -0.139. The van der Waals surface area contributed by atoms with Crippen LogP contribution >= 0.6 is 11.6 Å². The summed E-state index contributed by atoms with van der Waals surface area (Å²) in [5.41, 5.74) is 3.21. The topological polar surface area (TPSA) is 118 Å². The van der Waals surface area contributed by atoms with Crippen LogP contribution in [0.3, 0.4) is 0 Å². The first-order chi connectivity index (χ1) is 15.0. The quantitative estimate of drug-likeness (QED) is 0.223. The number of anilines is 1. The normalized spacial score (nSPS) is 10.5. The summed E-state index contributed by atoms with van der Waals surface area (Å²) in [4.78, 5) is 35.5. The predicted molar refractivity (Wildman–Crippen MR) is 117 cm³/mol. The number of hydrogen-bond donors (Lipinski definition) is 3. The first-order valence-corrected chi connectivity index (χ1v) is 9.75. The number of halogens is 1. The van der Waals surface area contributed by atoms with E-state index in [4.69, 9.17) is 21.1 Å². The zero-order valence-corrected chi connectivity index (χ0v) is 17.6. The van der Waals surface area contributed by atoms with Gasteiger partial charge in [-0.05, 0) is 36.8 Å². The van der Waals surface area contributed by atoms with Crippen LogP contribution in [-0.4, -0.2) is 50.8 Å². The Labute approximate surface area is 184 Å². The summed E-state index contributed by atoms with van der Waals surface area (Å²) < 4.78 is 10.4. The molecule has 9 nitrogen and oxygen atoms in total. The van der Waals surface area contributed by atoms with Crippen LogP contribution in [0.25, 0.3) is 0 Å². The third-order valence-electron chi connectivity index (χ3n) is 3.77. The molecule has 0 fully saturated rings. The number of nitrogens with zero attached hydrogens (tertiary/aromatic N) is 1. The number of nitrogens with one attached hydrogen (secondary N) is 3. The van der Waals surface area contributed by atoms with Crippen LogP contribution < -0.4 is 20.8 Å². The molecule has 0 atom stereocenters. The fourth-order valence-electron chi connectivity index (χ4n) is 2.34. The molecule has 0 aliphatic heterocycles. The molecule has 2 rings (SSSR count). The van der Waals surface area contributed by atoms with Crippen LogP contribution in [0.15, 0.2) is 53.6 Å². The van der Waals surface area contributed by atoms with Gasteiger partial charge in [-0.25, -0.2) is 5.43 Å². The highest BCUT2D eigenvalue weighted by Crippen LogP contribution is 2.17. The summed E-state index contributed by atoms with van der Waals surface area (Å²) in [5, 5.41) is 9.40. The highest BCUT2D eigenvalue weighted by atomic mass is 35.5. The van der Waals surface area contributed by atoms with Crippen molar-refractivity contribution < 1.29 is 23.9 Å². The summed E-state index contributed by atoms with van der Waals surface area (Å²) in [6, 6.07) is 13.6. The lowest BCUT2D eigenvalue weighted by Gasteiger charge is -2.09. The van der Waals surface area contributed by atoms with E-state index in [9.17, 15) is 14.4 Å². The standard InChI is InChI=1S/C21H23ClN4O5/c1-30-11-5-10-23-20(28)21(29)26-24-13-15-6-2-3-9-18(15)31-14-19(27)25-17-8-4-7-16(22)12-17/h2-4,6-9,12-13H,5,10-11,14H2,1H3,(H,23,28)(H,25,27)(H,26,29)/b24-13-. The number of ether oxygens (including phenoxy) is 2. The van der Waals surface area contributed by atoms with Gasteiger partial charge in [-0.2, -0.15) is 5.10 Å². The molecule has 0 heterocycles. The third-order valence-corrected chi connectivity index (χ3v) is 4.01. The van der Waals surface area contributed by atoms with Crippen LogP contribution in [0.2, 0.25) is 5.02 Å². The number of para-hydroxylation sites is 1. The number of carbonyl (C=O) groups excluding carboxylic acids is 3. The van der Waals surface area contributed by atoms with Crippen molar-refractivity contribution in [2.75, 3.05) is 32.2 Å². The van der Waals surface area contributed by atoms with E-state index >= 15 is 0 Å². The average Bonchev–Trinajstić information content (AvgIpc) is 2.76. The lowest BCUT2D eigenvalue weighted by Crippen LogP contribution is -2.38. The molecule has 0 aliphatic carbocycles. The van der Waals surface area contributed by atoms with E-state index in [-0.39, 0.29) is 12.5 Å². The first-order valence-electron chi connectivity index (χ1n) is 9.37. The van der Waals surface area contributed by atoms with Crippen molar-refractivity contribution in [1.82, 2.24) is 10.7 Å². The number of hydrazone groups is 1. The molecule has 2 aromatic rings. The average molecular weight is 447 g/mol. The Morgan fingerprint density at radius 1 is 1.10 bits per heavy atom. The van der Waals surface area contributed by atoms with Gasteiger partial charge in [0.25, 0.3) is 5.91 Å². The van der Waals surface area contributed by atoms with Gasteiger partial charge in [0.05, 0.1) is 6.21 Å². The van der Waals surface area contributed by atoms with Crippen LogP contribution in [0.5, 0.6) is 5.75 Å². The van der Waals surface area contributed by atoms with Gasteiger partial charge >= 0.3 is 11.8 Å². The van der Waals surface area contributed by atoms with E-state index in [1.807, 2.05) is 0 Å². The molecule has 0 aromatic heterocycles. The van der Waals surface area contributed by atoms with Crippen LogP contribution in [-0.2, 0) is 19.1 Å². The van der Waals surface area contributed by atoms with E-state index < -0.39 is 11.8 Å². The van der Waals surface area contributed by atoms with Crippen molar-refractivity contribution in [3.63, 3.8) is 0 Å². The van der Waals surface area contributed by atoms with Crippen molar-refractivity contribution in [1.29, 1.82) is 0 Å². The second-order valence-corrected chi connectivity index (χ2v) is 6.62. The predicted octanol–water partition coefficient (Wildman–Crippen LogP) is 1.96. The number of hydrogen-bond acceptors (Lipinski definition) is 6. The summed E-state index contributed by atoms with van der Waals surface area (Å²) in [6.45, 7) is 0.555. The van der Waals surface area contributed by atoms with Gasteiger partial charge in [-0.3, -0.25) is 14.4 Å². The second kappa shape index (κ2) is 13.0. The molecule has 0 radical (unpaired) electrons.